The lowest BCUT2D eigenvalue weighted by molar-refractivity contribution is 0.0786. The molecular weight excluding hydrogens is 268 g/mol. The summed E-state index contributed by atoms with van der Waals surface area (Å²) in [5, 5.41) is 2.57. The molecule has 2 heterocycles. The highest BCUT2D eigenvalue weighted by atomic mass is 35.5. The molecular formula is C13H19ClN2OS. The Bertz CT molecular complexity index is 446. The highest BCUT2D eigenvalue weighted by Crippen LogP contribution is 2.29. The number of nitrogens with zero attached hydrogens (tertiary/aromatic N) is 2. The van der Waals surface area contributed by atoms with Crippen LogP contribution in [0, 0.1) is 6.92 Å². The lowest BCUT2D eigenvalue weighted by atomic mass is 10.2. The first-order valence-electron chi connectivity index (χ1n) is 6.27. The molecule has 2 rings (SSSR count). The second kappa shape index (κ2) is 5.59. The molecule has 0 N–H and O–H groups in total. The third kappa shape index (κ3) is 2.56. The normalized spacial score (nSPS) is 19.8. The third-order valence-electron chi connectivity index (χ3n) is 3.67. The number of likely N-dealkylation sites (N-methyl/N-ethyl adjacent to an activating group) is 1. The van der Waals surface area contributed by atoms with Gasteiger partial charge in [0.05, 0.1) is 5.02 Å². The van der Waals surface area contributed by atoms with Crippen LogP contribution >= 0.6 is 22.9 Å². The number of aryl methyl sites for hydroxylation is 1. The van der Waals surface area contributed by atoms with E-state index in [9.17, 15) is 4.79 Å². The Morgan fingerprint density at radius 1 is 1.67 bits per heavy atom. The second-order valence-corrected chi connectivity index (χ2v) is 6.09. The van der Waals surface area contributed by atoms with E-state index >= 15 is 0 Å². The summed E-state index contributed by atoms with van der Waals surface area (Å²) in [4.78, 5) is 17.3. The van der Waals surface area contributed by atoms with Gasteiger partial charge in [0, 0.05) is 19.1 Å². The van der Waals surface area contributed by atoms with Crippen molar-refractivity contribution in [3.63, 3.8) is 0 Å². The van der Waals surface area contributed by atoms with Crippen molar-refractivity contribution in [2.45, 2.75) is 26.3 Å². The SMILES string of the molecule is CCN(C)C1CCN(C(=O)c2scc(C)c2Cl)C1. The van der Waals surface area contributed by atoms with Crippen LogP contribution < -0.4 is 0 Å². The minimum absolute atomic E-state index is 0.0881. The fraction of sp³-hybridized carbons (Fsp3) is 0.615. The zero-order valence-corrected chi connectivity index (χ0v) is 12.6. The molecule has 1 aliphatic rings. The molecule has 18 heavy (non-hydrogen) atoms. The standard InChI is InChI=1S/C13H19ClN2OS/c1-4-15(3)10-5-6-16(7-10)13(17)12-11(14)9(2)8-18-12/h8,10H,4-7H2,1-3H3. The first kappa shape index (κ1) is 13.8. The summed E-state index contributed by atoms with van der Waals surface area (Å²) in [5.41, 5.74) is 0.992. The molecule has 1 unspecified atom stereocenters. The number of thiophene rings is 1. The van der Waals surface area contributed by atoms with Crippen molar-refractivity contribution in [2.24, 2.45) is 0 Å². The molecule has 1 atom stereocenters. The Morgan fingerprint density at radius 2 is 2.39 bits per heavy atom. The average Bonchev–Trinajstić information content (AvgIpc) is 2.97. The monoisotopic (exact) mass is 286 g/mol. The summed E-state index contributed by atoms with van der Waals surface area (Å²) in [5.74, 6) is 0.0881. The number of halogens is 1. The summed E-state index contributed by atoms with van der Waals surface area (Å²) in [6.07, 6.45) is 1.05. The van der Waals surface area contributed by atoms with Gasteiger partial charge in [-0.25, -0.2) is 0 Å². The fourth-order valence-corrected chi connectivity index (χ4v) is 3.50. The quantitative estimate of drug-likeness (QED) is 0.853. The number of hydrogen-bond acceptors (Lipinski definition) is 3. The van der Waals surface area contributed by atoms with Gasteiger partial charge in [-0.1, -0.05) is 18.5 Å². The molecule has 0 saturated carbocycles. The van der Waals surface area contributed by atoms with E-state index in [4.69, 9.17) is 11.6 Å². The van der Waals surface area contributed by atoms with Gasteiger partial charge >= 0.3 is 0 Å². The number of carbonyl (C=O) groups excluding carboxylic acids is 1. The van der Waals surface area contributed by atoms with Crippen LogP contribution in [0.1, 0.15) is 28.6 Å². The van der Waals surface area contributed by atoms with Gasteiger partial charge in [-0.15, -0.1) is 11.3 Å². The lowest BCUT2D eigenvalue weighted by Crippen LogP contribution is -2.36. The van der Waals surface area contributed by atoms with Gasteiger partial charge in [-0.3, -0.25) is 4.79 Å². The zero-order chi connectivity index (χ0) is 13.3. The van der Waals surface area contributed by atoms with Gasteiger partial charge in [0.25, 0.3) is 5.91 Å². The van der Waals surface area contributed by atoms with Crippen LogP contribution in [0.2, 0.25) is 5.02 Å². The molecule has 0 radical (unpaired) electrons. The smallest absolute Gasteiger partial charge is 0.265 e. The summed E-state index contributed by atoms with van der Waals surface area (Å²) in [6.45, 7) is 6.75. The van der Waals surface area contributed by atoms with Gasteiger partial charge in [-0.2, -0.15) is 0 Å². The number of amides is 1. The third-order valence-corrected chi connectivity index (χ3v) is 5.35. The summed E-state index contributed by atoms with van der Waals surface area (Å²) in [7, 11) is 2.11. The van der Waals surface area contributed by atoms with E-state index in [0.29, 0.717) is 15.9 Å². The van der Waals surface area contributed by atoms with Crippen LogP contribution in [0.3, 0.4) is 0 Å². The highest BCUT2D eigenvalue weighted by Gasteiger charge is 2.30. The maximum atomic E-state index is 12.4. The maximum Gasteiger partial charge on any atom is 0.265 e. The van der Waals surface area contributed by atoms with Crippen molar-refractivity contribution < 1.29 is 4.79 Å². The van der Waals surface area contributed by atoms with Crippen LogP contribution in [-0.4, -0.2) is 48.4 Å². The van der Waals surface area contributed by atoms with Crippen molar-refractivity contribution in [3.8, 4) is 0 Å². The van der Waals surface area contributed by atoms with E-state index in [2.05, 4.69) is 18.9 Å². The molecule has 3 nitrogen and oxygen atoms in total. The Morgan fingerprint density at radius 3 is 2.94 bits per heavy atom. The molecule has 1 amide bonds. The number of rotatable bonds is 3. The first-order valence-corrected chi connectivity index (χ1v) is 7.53. The van der Waals surface area contributed by atoms with Crippen LogP contribution in [0.4, 0.5) is 0 Å². The number of carbonyl (C=O) groups is 1. The lowest BCUT2D eigenvalue weighted by Gasteiger charge is -2.22. The van der Waals surface area contributed by atoms with E-state index in [1.807, 2.05) is 17.2 Å². The Balaban J connectivity index is 2.06. The zero-order valence-electron chi connectivity index (χ0n) is 11.1. The Kier molecular flexibility index (Phi) is 4.30. The topological polar surface area (TPSA) is 23.6 Å². The van der Waals surface area contributed by atoms with Crippen molar-refractivity contribution in [3.05, 3.63) is 20.8 Å². The molecule has 1 fully saturated rings. The van der Waals surface area contributed by atoms with Gasteiger partial charge in [0.2, 0.25) is 0 Å². The Hall–Kier alpha value is -0.580. The van der Waals surface area contributed by atoms with E-state index in [0.717, 1.165) is 31.6 Å². The van der Waals surface area contributed by atoms with Gasteiger partial charge < -0.3 is 9.80 Å². The van der Waals surface area contributed by atoms with Gasteiger partial charge in [-0.05, 0) is 37.9 Å². The second-order valence-electron chi connectivity index (χ2n) is 4.83. The van der Waals surface area contributed by atoms with Crippen LogP contribution in [-0.2, 0) is 0 Å². The largest absolute Gasteiger partial charge is 0.336 e. The fourth-order valence-electron chi connectivity index (χ4n) is 2.26. The molecule has 100 valence electrons. The predicted octanol–water partition coefficient (Wildman–Crippen LogP) is 2.88. The van der Waals surface area contributed by atoms with E-state index in [-0.39, 0.29) is 5.91 Å². The maximum absolute atomic E-state index is 12.4. The highest BCUT2D eigenvalue weighted by molar-refractivity contribution is 7.13. The number of likely N-dealkylation sites (tertiary alicyclic amines) is 1. The van der Waals surface area contributed by atoms with Crippen molar-refractivity contribution in [1.29, 1.82) is 0 Å². The Labute approximate surface area is 117 Å². The summed E-state index contributed by atoms with van der Waals surface area (Å²) < 4.78 is 0. The van der Waals surface area contributed by atoms with Gasteiger partial charge in [0.1, 0.15) is 4.88 Å². The van der Waals surface area contributed by atoms with Crippen LogP contribution in [0.15, 0.2) is 5.38 Å². The van der Waals surface area contributed by atoms with Crippen molar-refractivity contribution in [1.82, 2.24) is 9.80 Å². The predicted molar refractivity (Wildman–Crippen MR) is 76.7 cm³/mol. The molecule has 1 saturated heterocycles. The van der Waals surface area contributed by atoms with E-state index in [1.54, 1.807) is 0 Å². The molecule has 0 aliphatic carbocycles. The first-order chi connectivity index (χ1) is 8.54. The molecule has 0 aromatic carbocycles. The van der Waals surface area contributed by atoms with Crippen molar-refractivity contribution in [2.75, 3.05) is 26.7 Å². The molecule has 5 heteroatoms. The minimum atomic E-state index is 0.0881. The molecule has 0 spiro atoms. The average molecular weight is 287 g/mol. The van der Waals surface area contributed by atoms with E-state index < -0.39 is 0 Å². The van der Waals surface area contributed by atoms with Gasteiger partial charge in [0.15, 0.2) is 0 Å². The summed E-state index contributed by atoms with van der Waals surface area (Å²) in [6, 6.07) is 0.485. The number of hydrogen-bond donors (Lipinski definition) is 0. The van der Waals surface area contributed by atoms with Crippen LogP contribution in [0.5, 0.6) is 0 Å². The molecule has 1 aromatic rings. The summed E-state index contributed by atoms with van der Waals surface area (Å²) >= 11 is 7.61. The van der Waals surface area contributed by atoms with E-state index in [1.165, 1.54) is 11.3 Å². The molecule has 1 aliphatic heterocycles. The molecule has 0 bridgehead atoms. The molecule has 1 aromatic heterocycles. The van der Waals surface area contributed by atoms with Crippen molar-refractivity contribution >= 4 is 28.8 Å². The minimum Gasteiger partial charge on any atom is -0.336 e. The van der Waals surface area contributed by atoms with Crippen LogP contribution in [0.25, 0.3) is 0 Å².